The van der Waals surface area contributed by atoms with E-state index in [1.807, 2.05) is 0 Å². The second kappa shape index (κ2) is 32.5. The van der Waals surface area contributed by atoms with Gasteiger partial charge in [-0.2, -0.15) is 0 Å². The van der Waals surface area contributed by atoms with Crippen LogP contribution in [0.25, 0.3) is 0 Å². The first-order valence-electron chi connectivity index (χ1n) is 12.9. The van der Waals surface area contributed by atoms with Crippen LogP contribution in [0.3, 0.4) is 0 Å². The van der Waals surface area contributed by atoms with Crippen LogP contribution in [0.4, 0.5) is 0 Å². The number of esters is 1. The van der Waals surface area contributed by atoms with Gasteiger partial charge in [-0.1, -0.05) is 116 Å². The lowest BCUT2D eigenvalue weighted by atomic mass is 10.0. The molecule has 33 heavy (non-hydrogen) atoms. The number of aliphatic hydroxyl groups is 1. The topological polar surface area (TPSA) is 110 Å². The number of carbonyl (C=O) groups excluding carboxylic acids is 1. The van der Waals surface area contributed by atoms with Crippen LogP contribution in [0, 0.1) is 0 Å². The van der Waals surface area contributed by atoms with Gasteiger partial charge in [-0.3, -0.25) is 0 Å². The summed E-state index contributed by atoms with van der Waals surface area (Å²) in [5.41, 5.74) is 5.27. The molecule has 4 N–H and O–H groups in total. The van der Waals surface area contributed by atoms with Crippen molar-refractivity contribution in [1.29, 1.82) is 0 Å². The highest BCUT2D eigenvalue weighted by Gasteiger charge is 2.01. The van der Waals surface area contributed by atoms with Gasteiger partial charge in [-0.25, -0.2) is 9.59 Å². The van der Waals surface area contributed by atoms with Gasteiger partial charge in [0.2, 0.25) is 0 Å². The molecule has 0 aliphatic rings. The van der Waals surface area contributed by atoms with Crippen LogP contribution in [-0.2, 0) is 14.3 Å². The number of carboxylic acids is 1. The minimum Gasteiger partial charge on any atom is -0.478 e. The van der Waals surface area contributed by atoms with Crippen LogP contribution in [0.15, 0.2) is 24.8 Å². The minimum absolute atomic E-state index is 0.0972. The van der Waals surface area contributed by atoms with Gasteiger partial charge in [0, 0.05) is 18.2 Å². The predicted octanol–water partition coefficient (Wildman–Crippen LogP) is 6.56. The second-order valence-electron chi connectivity index (χ2n) is 8.27. The molecular formula is C27H53NO5. The molecule has 0 bridgehead atoms. The third kappa shape index (κ3) is 41.1. The molecule has 0 rings (SSSR count). The van der Waals surface area contributed by atoms with E-state index in [-0.39, 0.29) is 12.6 Å². The maximum absolute atomic E-state index is 11.2. The lowest BCUT2D eigenvalue weighted by Gasteiger charge is -2.05. The molecule has 0 aromatic rings. The average molecular weight is 472 g/mol. The minimum atomic E-state index is -0.981. The highest BCUT2D eigenvalue weighted by molar-refractivity contribution is 5.86. The Morgan fingerprint density at radius 2 is 1.12 bits per heavy atom. The molecule has 0 heterocycles. The monoisotopic (exact) mass is 471 g/mol. The molecule has 0 aromatic carbocycles. The van der Waals surface area contributed by atoms with Crippen molar-refractivity contribution in [3.8, 4) is 0 Å². The molecule has 0 fully saturated rings. The van der Waals surface area contributed by atoms with Crippen LogP contribution in [-0.4, -0.2) is 41.9 Å². The number of carboxylic acid groups (broad SMARTS) is 1. The fourth-order valence-corrected chi connectivity index (χ4v) is 2.94. The fraction of sp³-hybridized carbons (Fsp3) is 0.778. The number of aliphatic carboxylic acids is 1. The van der Waals surface area contributed by atoms with E-state index in [1.165, 1.54) is 96.3 Å². The van der Waals surface area contributed by atoms with Crippen LogP contribution in [0.1, 0.15) is 117 Å². The number of aliphatic hydroxyl groups excluding tert-OH is 1. The highest BCUT2D eigenvalue weighted by atomic mass is 16.5. The summed E-state index contributed by atoms with van der Waals surface area (Å²) < 4.78 is 5.08. The molecular weight excluding hydrogens is 418 g/mol. The lowest BCUT2D eigenvalue weighted by Crippen LogP contribution is -2.05. The Labute approximate surface area is 203 Å². The van der Waals surface area contributed by atoms with E-state index in [0.717, 1.165) is 12.5 Å². The van der Waals surface area contributed by atoms with E-state index >= 15 is 0 Å². The van der Waals surface area contributed by atoms with Crippen LogP contribution >= 0.6 is 0 Å². The Morgan fingerprint density at radius 1 is 0.818 bits per heavy atom. The number of hydrogen-bond donors (Lipinski definition) is 3. The molecule has 0 spiro atoms. The summed E-state index contributed by atoms with van der Waals surface area (Å²) in [4.78, 5) is 20.4. The summed E-state index contributed by atoms with van der Waals surface area (Å²) in [5.74, 6) is -1.24. The van der Waals surface area contributed by atoms with Crippen molar-refractivity contribution in [2.24, 2.45) is 5.73 Å². The molecule has 0 aliphatic heterocycles. The van der Waals surface area contributed by atoms with Gasteiger partial charge in [0.25, 0.3) is 0 Å². The summed E-state index contributed by atoms with van der Waals surface area (Å²) in [5, 5.41) is 15.4. The van der Waals surface area contributed by atoms with Gasteiger partial charge in [-0.15, -0.1) is 0 Å². The Hall–Kier alpha value is -1.66. The van der Waals surface area contributed by atoms with Gasteiger partial charge in [0.15, 0.2) is 0 Å². The van der Waals surface area contributed by atoms with E-state index in [1.54, 1.807) is 6.92 Å². The van der Waals surface area contributed by atoms with Gasteiger partial charge in [0.05, 0.1) is 13.2 Å². The maximum Gasteiger partial charge on any atom is 0.333 e. The van der Waals surface area contributed by atoms with E-state index < -0.39 is 5.97 Å². The Bertz CT molecular complexity index is 450. The molecule has 0 atom stereocenters. The number of ether oxygens (including phenoxy) is 1. The summed E-state index contributed by atoms with van der Waals surface area (Å²) >= 11 is 0. The molecule has 0 saturated heterocycles. The molecule has 0 unspecified atom stereocenters. The molecule has 0 aromatic heterocycles. The second-order valence-corrected chi connectivity index (χ2v) is 8.27. The van der Waals surface area contributed by atoms with Crippen molar-refractivity contribution in [3.05, 3.63) is 24.8 Å². The SMILES string of the molecule is C=C(C)C(=O)OCCCCCCCCCCCCCCCCCC.C=CC(=O)O.NCCO. The molecule has 6 heteroatoms. The zero-order valence-corrected chi connectivity index (χ0v) is 21.6. The lowest BCUT2D eigenvalue weighted by molar-refractivity contribution is -0.139. The zero-order chi connectivity index (χ0) is 25.6. The summed E-state index contributed by atoms with van der Waals surface area (Å²) in [6.07, 6.45) is 22.6. The summed E-state index contributed by atoms with van der Waals surface area (Å²) in [6, 6.07) is 0. The normalized spacial score (nSPS) is 9.70. The molecule has 6 nitrogen and oxygen atoms in total. The van der Waals surface area contributed by atoms with E-state index in [0.29, 0.717) is 18.7 Å². The fourth-order valence-electron chi connectivity index (χ4n) is 2.94. The van der Waals surface area contributed by atoms with Gasteiger partial charge >= 0.3 is 11.9 Å². The standard InChI is InChI=1S/C22H42O2.C3H4O2.C2H7NO/c1-4-5-6-7-8-9-10-11-12-13-14-15-16-17-18-19-20-24-22(23)21(2)3;1-2-3(4)5;3-1-2-4/h2,4-20H2,1,3H3;2H,1H2,(H,4,5);4H,1-3H2. The van der Waals surface area contributed by atoms with Crippen molar-refractivity contribution in [3.63, 3.8) is 0 Å². The molecule has 0 amide bonds. The van der Waals surface area contributed by atoms with Gasteiger partial charge in [0.1, 0.15) is 0 Å². The van der Waals surface area contributed by atoms with E-state index in [2.05, 4.69) is 20.1 Å². The molecule has 196 valence electrons. The Balaban J connectivity index is -0.000000841. The summed E-state index contributed by atoms with van der Waals surface area (Å²) in [7, 11) is 0. The smallest absolute Gasteiger partial charge is 0.333 e. The van der Waals surface area contributed by atoms with Gasteiger partial charge in [-0.05, 0) is 13.3 Å². The predicted molar refractivity (Wildman–Crippen MR) is 139 cm³/mol. The van der Waals surface area contributed by atoms with Crippen molar-refractivity contribution < 1.29 is 24.5 Å². The first kappa shape index (κ1) is 35.9. The Morgan fingerprint density at radius 3 is 1.36 bits per heavy atom. The number of unbranched alkanes of at least 4 members (excludes halogenated alkanes) is 15. The first-order chi connectivity index (χ1) is 15.9. The first-order valence-corrected chi connectivity index (χ1v) is 12.9. The largest absolute Gasteiger partial charge is 0.478 e. The molecule has 0 saturated carbocycles. The average Bonchev–Trinajstić information content (AvgIpc) is 2.81. The number of carbonyl (C=O) groups is 2. The van der Waals surface area contributed by atoms with E-state index in [9.17, 15) is 9.59 Å². The zero-order valence-electron chi connectivity index (χ0n) is 21.6. The van der Waals surface area contributed by atoms with Crippen molar-refractivity contribution in [2.45, 2.75) is 117 Å². The number of hydrogen-bond acceptors (Lipinski definition) is 5. The highest BCUT2D eigenvalue weighted by Crippen LogP contribution is 2.13. The quantitative estimate of drug-likeness (QED) is 0.105. The van der Waals surface area contributed by atoms with Crippen molar-refractivity contribution in [2.75, 3.05) is 19.8 Å². The van der Waals surface area contributed by atoms with E-state index in [4.69, 9.17) is 20.7 Å². The van der Waals surface area contributed by atoms with Crippen molar-refractivity contribution in [1.82, 2.24) is 0 Å². The number of nitrogens with two attached hydrogens (primary N) is 1. The van der Waals surface area contributed by atoms with Crippen molar-refractivity contribution >= 4 is 11.9 Å². The Kier molecular flexibility index (Phi) is 35.4. The third-order valence-corrected chi connectivity index (χ3v) is 4.88. The molecule has 0 radical (unpaired) electrons. The van der Waals surface area contributed by atoms with Crippen LogP contribution in [0.5, 0.6) is 0 Å². The summed E-state index contributed by atoms with van der Waals surface area (Å²) in [6.45, 7) is 11.5. The van der Waals surface area contributed by atoms with Crippen LogP contribution in [0.2, 0.25) is 0 Å². The number of rotatable bonds is 20. The third-order valence-electron chi connectivity index (χ3n) is 4.88. The molecule has 0 aliphatic carbocycles. The van der Waals surface area contributed by atoms with Crippen LogP contribution < -0.4 is 5.73 Å². The van der Waals surface area contributed by atoms with Gasteiger partial charge < -0.3 is 20.7 Å². The maximum atomic E-state index is 11.2.